The van der Waals surface area contributed by atoms with Crippen LogP contribution in [0.15, 0.2) is 0 Å². The molecule has 17 heavy (non-hydrogen) atoms. The van der Waals surface area contributed by atoms with Crippen molar-refractivity contribution in [3.63, 3.8) is 0 Å². The van der Waals surface area contributed by atoms with Gasteiger partial charge in [0.2, 0.25) is 0 Å². The number of hydrogen-bond donors (Lipinski definition) is 4. The van der Waals surface area contributed by atoms with E-state index in [2.05, 4.69) is 10.6 Å². The number of aliphatic carboxylic acids is 1. The quantitative estimate of drug-likeness (QED) is 0.559. The third-order valence-electron chi connectivity index (χ3n) is 3.02. The zero-order valence-electron chi connectivity index (χ0n) is 9.82. The Morgan fingerprint density at radius 2 is 1.88 bits per heavy atom. The number of carboxylic acids is 1. The number of carbonyl (C=O) groups is 2. The molecular formula is C11H20N2O4. The lowest BCUT2D eigenvalue weighted by atomic mass is 9.86. The maximum Gasteiger partial charge on any atom is 0.314 e. The van der Waals surface area contributed by atoms with Crippen LogP contribution >= 0.6 is 0 Å². The summed E-state index contributed by atoms with van der Waals surface area (Å²) in [6, 6.07) is -0.371. The summed E-state index contributed by atoms with van der Waals surface area (Å²) in [4.78, 5) is 21.5. The molecule has 2 unspecified atom stereocenters. The van der Waals surface area contributed by atoms with Gasteiger partial charge in [0.15, 0.2) is 0 Å². The molecule has 0 aromatic heterocycles. The molecule has 0 spiro atoms. The summed E-state index contributed by atoms with van der Waals surface area (Å²) in [5, 5.41) is 23.2. The normalized spacial score (nSPS) is 24.1. The molecule has 1 fully saturated rings. The minimum absolute atomic E-state index is 0.0839. The maximum atomic E-state index is 11.3. The summed E-state index contributed by atoms with van der Waals surface area (Å²) < 4.78 is 0. The predicted octanol–water partition coefficient (Wildman–Crippen LogP) is 0.311. The van der Waals surface area contributed by atoms with Crippen molar-refractivity contribution in [1.29, 1.82) is 0 Å². The third-order valence-corrected chi connectivity index (χ3v) is 3.02. The van der Waals surface area contributed by atoms with Gasteiger partial charge in [0, 0.05) is 19.0 Å². The molecule has 6 heteroatoms. The molecular weight excluding hydrogens is 224 g/mol. The number of nitrogens with one attached hydrogen (secondary N) is 2. The monoisotopic (exact) mass is 244 g/mol. The Morgan fingerprint density at radius 1 is 1.18 bits per heavy atom. The van der Waals surface area contributed by atoms with Gasteiger partial charge in [-0.2, -0.15) is 0 Å². The summed E-state index contributed by atoms with van der Waals surface area (Å²) in [7, 11) is 0. The average molecular weight is 244 g/mol. The predicted molar refractivity (Wildman–Crippen MR) is 61.6 cm³/mol. The average Bonchev–Trinajstić information content (AvgIpc) is 2.27. The Labute approximate surface area is 100 Å². The van der Waals surface area contributed by atoms with Crippen molar-refractivity contribution in [2.45, 2.75) is 38.2 Å². The van der Waals surface area contributed by atoms with Gasteiger partial charge in [-0.3, -0.25) is 4.79 Å². The van der Waals surface area contributed by atoms with Crippen molar-refractivity contribution in [3.8, 4) is 0 Å². The minimum Gasteiger partial charge on any atom is -0.481 e. The number of urea groups is 1. The van der Waals surface area contributed by atoms with Gasteiger partial charge in [-0.15, -0.1) is 0 Å². The number of amides is 2. The van der Waals surface area contributed by atoms with Crippen LogP contribution in [0.3, 0.4) is 0 Å². The number of rotatable bonds is 5. The standard InChI is InChI=1S/C11H20N2O4/c14-9-4-2-1-3-8(9)7-13-11(17)12-6-5-10(15)16/h8-9,14H,1-7H2,(H,15,16)(H2,12,13,17). The highest BCUT2D eigenvalue weighted by Crippen LogP contribution is 2.23. The van der Waals surface area contributed by atoms with Gasteiger partial charge in [-0.25, -0.2) is 4.79 Å². The van der Waals surface area contributed by atoms with Gasteiger partial charge in [0.1, 0.15) is 0 Å². The molecule has 2 atom stereocenters. The largest absolute Gasteiger partial charge is 0.481 e. The van der Waals surface area contributed by atoms with E-state index in [0.717, 1.165) is 25.7 Å². The second-order valence-corrected chi connectivity index (χ2v) is 4.39. The summed E-state index contributed by atoms with van der Waals surface area (Å²) in [6.07, 6.45) is 3.44. The van der Waals surface area contributed by atoms with Crippen LogP contribution in [0, 0.1) is 5.92 Å². The van der Waals surface area contributed by atoms with Crippen molar-refractivity contribution in [2.24, 2.45) is 5.92 Å². The van der Waals surface area contributed by atoms with Crippen LogP contribution < -0.4 is 10.6 Å². The smallest absolute Gasteiger partial charge is 0.314 e. The summed E-state index contributed by atoms with van der Waals surface area (Å²) in [6.45, 7) is 0.564. The Hall–Kier alpha value is -1.30. The Bertz CT molecular complexity index is 270. The highest BCUT2D eigenvalue weighted by Gasteiger charge is 2.23. The van der Waals surface area contributed by atoms with Gasteiger partial charge in [0.05, 0.1) is 12.5 Å². The Balaban J connectivity index is 2.12. The molecule has 0 radical (unpaired) electrons. The van der Waals surface area contributed by atoms with E-state index in [9.17, 15) is 14.7 Å². The van der Waals surface area contributed by atoms with E-state index in [4.69, 9.17) is 5.11 Å². The van der Waals surface area contributed by atoms with E-state index in [1.165, 1.54) is 0 Å². The van der Waals surface area contributed by atoms with E-state index < -0.39 is 5.97 Å². The first-order valence-corrected chi connectivity index (χ1v) is 6.01. The topological polar surface area (TPSA) is 98.7 Å². The number of hydrogen-bond acceptors (Lipinski definition) is 3. The van der Waals surface area contributed by atoms with Gasteiger partial charge >= 0.3 is 12.0 Å². The molecule has 2 amide bonds. The van der Waals surface area contributed by atoms with Crippen LogP contribution in [0.4, 0.5) is 4.79 Å². The molecule has 4 N–H and O–H groups in total. The fourth-order valence-corrected chi connectivity index (χ4v) is 2.00. The lowest BCUT2D eigenvalue weighted by Crippen LogP contribution is -2.42. The highest BCUT2D eigenvalue weighted by molar-refractivity contribution is 5.74. The first kappa shape index (κ1) is 13.8. The Morgan fingerprint density at radius 3 is 2.53 bits per heavy atom. The molecule has 0 saturated heterocycles. The summed E-state index contributed by atoms with van der Waals surface area (Å²) in [5.74, 6) is -0.818. The van der Waals surface area contributed by atoms with E-state index in [-0.39, 0.29) is 31.0 Å². The molecule has 1 aliphatic carbocycles. The van der Waals surface area contributed by atoms with Crippen molar-refractivity contribution in [3.05, 3.63) is 0 Å². The lowest BCUT2D eigenvalue weighted by Gasteiger charge is -2.27. The first-order chi connectivity index (χ1) is 8.09. The van der Waals surface area contributed by atoms with Gasteiger partial charge in [-0.1, -0.05) is 12.8 Å². The van der Waals surface area contributed by atoms with E-state index in [1.807, 2.05) is 0 Å². The summed E-state index contributed by atoms with van der Waals surface area (Å²) in [5.41, 5.74) is 0. The first-order valence-electron chi connectivity index (χ1n) is 6.01. The van der Waals surface area contributed by atoms with Crippen molar-refractivity contribution in [1.82, 2.24) is 10.6 Å². The fourth-order valence-electron chi connectivity index (χ4n) is 2.00. The summed E-state index contributed by atoms with van der Waals surface area (Å²) >= 11 is 0. The third kappa shape index (κ3) is 5.53. The van der Waals surface area contributed by atoms with Crippen molar-refractivity contribution < 1.29 is 19.8 Å². The Kier molecular flexibility index (Phi) is 5.76. The molecule has 0 heterocycles. The highest BCUT2D eigenvalue weighted by atomic mass is 16.4. The maximum absolute atomic E-state index is 11.3. The molecule has 98 valence electrons. The van der Waals surface area contributed by atoms with E-state index >= 15 is 0 Å². The minimum atomic E-state index is -0.937. The molecule has 1 aliphatic rings. The number of carboxylic acid groups (broad SMARTS) is 1. The van der Waals surface area contributed by atoms with Crippen LogP contribution in [-0.2, 0) is 4.79 Å². The van der Waals surface area contributed by atoms with E-state index in [1.54, 1.807) is 0 Å². The molecule has 0 aliphatic heterocycles. The van der Waals surface area contributed by atoms with Crippen molar-refractivity contribution in [2.75, 3.05) is 13.1 Å². The van der Waals surface area contributed by atoms with Gasteiger partial charge < -0.3 is 20.8 Å². The molecule has 0 bridgehead atoms. The van der Waals surface area contributed by atoms with Gasteiger partial charge in [0.25, 0.3) is 0 Å². The number of aliphatic hydroxyl groups excluding tert-OH is 1. The zero-order valence-corrected chi connectivity index (χ0v) is 9.82. The fraction of sp³-hybridized carbons (Fsp3) is 0.818. The molecule has 0 aromatic carbocycles. The van der Waals surface area contributed by atoms with Crippen LogP contribution in [0.1, 0.15) is 32.1 Å². The molecule has 0 aromatic rings. The van der Waals surface area contributed by atoms with Crippen molar-refractivity contribution >= 4 is 12.0 Å². The van der Waals surface area contributed by atoms with Crippen LogP contribution in [0.5, 0.6) is 0 Å². The second kappa shape index (κ2) is 7.11. The number of aliphatic hydroxyl groups is 1. The SMILES string of the molecule is O=C(O)CCNC(=O)NCC1CCCCC1O. The lowest BCUT2D eigenvalue weighted by molar-refractivity contribution is -0.136. The van der Waals surface area contributed by atoms with Gasteiger partial charge in [-0.05, 0) is 12.8 Å². The zero-order chi connectivity index (χ0) is 12.7. The van der Waals surface area contributed by atoms with Crippen LogP contribution in [-0.4, -0.2) is 41.4 Å². The van der Waals surface area contributed by atoms with Crippen LogP contribution in [0.2, 0.25) is 0 Å². The second-order valence-electron chi connectivity index (χ2n) is 4.39. The molecule has 6 nitrogen and oxygen atoms in total. The van der Waals surface area contributed by atoms with Crippen LogP contribution in [0.25, 0.3) is 0 Å². The molecule has 1 saturated carbocycles. The molecule has 1 rings (SSSR count). The number of carbonyl (C=O) groups excluding carboxylic acids is 1. The van der Waals surface area contributed by atoms with E-state index in [0.29, 0.717) is 6.54 Å².